The van der Waals surface area contributed by atoms with Gasteiger partial charge in [0.2, 0.25) is 0 Å². The number of hydrogen-bond donors (Lipinski definition) is 1. The lowest BCUT2D eigenvalue weighted by molar-refractivity contribution is -1.02. The van der Waals surface area contributed by atoms with Gasteiger partial charge in [0.25, 0.3) is 11.0 Å². The van der Waals surface area contributed by atoms with Crippen LogP contribution in [-0.2, 0) is 0 Å². The molecule has 0 aliphatic rings. The molecule has 0 radical (unpaired) electrons. The lowest BCUT2D eigenvalue weighted by atomic mass is 10.3. The largest absolute Gasteiger partial charge is 0.316 e. The minimum absolute atomic E-state index is 0.353. The normalized spacial score (nSPS) is 10.8. The molecule has 12 heavy (non-hydrogen) atoms. The summed E-state index contributed by atoms with van der Waals surface area (Å²) in [5.74, 6) is 0. The SMILES string of the molecule is O[n+]1onc2ccc(Br)c(Cl)c21. The molecule has 0 unspecified atom stereocenters. The fourth-order valence-electron chi connectivity index (χ4n) is 0.909. The first kappa shape index (κ1) is 7.82. The Labute approximate surface area is 80.4 Å². The first-order valence-corrected chi connectivity index (χ1v) is 4.22. The first-order valence-electron chi connectivity index (χ1n) is 3.05. The van der Waals surface area contributed by atoms with Gasteiger partial charge in [0, 0.05) is 4.47 Å². The van der Waals surface area contributed by atoms with Crippen LogP contribution in [0.3, 0.4) is 0 Å². The standard InChI is InChI=1S/C6H3BrClN2O2/c7-3-1-2-4-6(5(3)8)10(11)12-9-4/h1-2,11H/q+1. The summed E-state index contributed by atoms with van der Waals surface area (Å²) >= 11 is 9.05. The van der Waals surface area contributed by atoms with Gasteiger partial charge < -0.3 is 5.21 Å². The predicted molar refractivity (Wildman–Crippen MR) is 44.1 cm³/mol. The quantitative estimate of drug-likeness (QED) is 0.725. The van der Waals surface area contributed by atoms with Gasteiger partial charge in [-0.05, 0) is 32.7 Å². The van der Waals surface area contributed by atoms with Crippen molar-refractivity contribution in [1.82, 2.24) is 5.16 Å². The minimum atomic E-state index is 0.353. The van der Waals surface area contributed by atoms with Crippen molar-refractivity contribution in [3.05, 3.63) is 21.6 Å². The van der Waals surface area contributed by atoms with Crippen molar-refractivity contribution in [1.29, 1.82) is 0 Å². The fourth-order valence-corrected chi connectivity index (χ4v) is 1.46. The van der Waals surface area contributed by atoms with E-state index in [1.54, 1.807) is 12.1 Å². The summed E-state index contributed by atoms with van der Waals surface area (Å²) in [5.41, 5.74) is 0.858. The monoisotopic (exact) mass is 249 g/mol. The van der Waals surface area contributed by atoms with E-state index in [0.717, 1.165) is 0 Å². The number of aromatic nitrogens is 2. The van der Waals surface area contributed by atoms with Crippen molar-refractivity contribution < 1.29 is 14.7 Å². The van der Waals surface area contributed by atoms with E-state index in [4.69, 9.17) is 16.8 Å². The van der Waals surface area contributed by atoms with Gasteiger partial charge >= 0.3 is 0 Å². The van der Waals surface area contributed by atoms with Crippen LogP contribution in [0.15, 0.2) is 21.2 Å². The van der Waals surface area contributed by atoms with Crippen LogP contribution >= 0.6 is 27.5 Å². The molecule has 0 saturated carbocycles. The molecule has 0 saturated heterocycles. The Morgan fingerprint density at radius 3 is 3.08 bits per heavy atom. The second-order valence-corrected chi connectivity index (χ2v) is 3.41. The van der Waals surface area contributed by atoms with Crippen LogP contribution in [0.25, 0.3) is 11.0 Å². The smallest absolute Gasteiger partial charge is 0.292 e. The van der Waals surface area contributed by atoms with Gasteiger partial charge in [0.15, 0.2) is 5.16 Å². The molecule has 0 aliphatic heterocycles. The predicted octanol–water partition coefficient (Wildman–Crippen LogP) is 1.77. The number of fused-ring (bicyclic) bond motifs is 1. The van der Waals surface area contributed by atoms with E-state index in [9.17, 15) is 0 Å². The van der Waals surface area contributed by atoms with E-state index in [1.807, 2.05) is 0 Å². The van der Waals surface area contributed by atoms with Gasteiger partial charge in [-0.25, -0.2) is 0 Å². The molecular formula is C6H3BrClN2O2+. The molecule has 6 heteroatoms. The molecule has 2 rings (SSSR count). The van der Waals surface area contributed by atoms with Crippen LogP contribution in [0, 0.1) is 0 Å². The molecule has 1 aromatic heterocycles. The van der Waals surface area contributed by atoms with Crippen LogP contribution in [0.2, 0.25) is 5.02 Å². The third-order valence-electron chi connectivity index (χ3n) is 1.46. The lowest BCUT2D eigenvalue weighted by Gasteiger charge is -1.89. The van der Waals surface area contributed by atoms with Crippen LogP contribution in [0.4, 0.5) is 0 Å². The average Bonchev–Trinajstić information content (AvgIpc) is 2.41. The molecule has 0 amide bonds. The maximum atomic E-state index is 9.10. The van der Waals surface area contributed by atoms with Crippen molar-refractivity contribution in [2.75, 3.05) is 0 Å². The highest BCUT2D eigenvalue weighted by Crippen LogP contribution is 2.27. The molecule has 0 bridgehead atoms. The molecule has 4 nitrogen and oxygen atoms in total. The topological polar surface area (TPSA) is 50.1 Å². The van der Waals surface area contributed by atoms with Crippen LogP contribution in [0.1, 0.15) is 0 Å². The van der Waals surface area contributed by atoms with Gasteiger partial charge in [-0.15, -0.1) is 0 Å². The highest BCUT2D eigenvalue weighted by molar-refractivity contribution is 9.10. The van der Waals surface area contributed by atoms with E-state index in [1.165, 1.54) is 0 Å². The number of halogens is 2. The van der Waals surface area contributed by atoms with Crippen LogP contribution in [-0.4, -0.2) is 10.4 Å². The van der Waals surface area contributed by atoms with E-state index >= 15 is 0 Å². The zero-order valence-electron chi connectivity index (χ0n) is 5.66. The maximum Gasteiger partial charge on any atom is 0.292 e. The molecule has 0 atom stereocenters. The van der Waals surface area contributed by atoms with Gasteiger partial charge in [0.05, 0.1) is 0 Å². The molecule has 0 spiro atoms. The van der Waals surface area contributed by atoms with Gasteiger partial charge in [-0.1, -0.05) is 11.6 Å². The summed E-state index contributed by atoms with van der Waals surface area (Å²) in [6, 6.07) is 3.41. The van der Waals surface area contributed by atoms with Crippen molar-refractivity contribution in [2.24, 2.45) is 0 Å². The van der Waals surface area contributed by atoms with E-state index in [-0.39, 0.29) is 0 Å². The Balaban J connectivity index is 2.96. The summed E-state index contributed by atoms with van der Waals surface area (Å²) in [6.07, 6.45) is 0. The molecule has 0 fully saturated rings. The summed E-state index contributed by atoms with van der Waals surface area (Å²) in [7, 11) is 0. The van der Waals surface area contributed by atoms with Crippen molar-refractivity contribution in [3.8, 4) is 0 Å². The summed E-state index contributed by atoms with van der Waals surface area (Å²) < 4.78 is 5.15. The maximum absolute atomic E-state index is 9.10. The highest BCUT2D eigenvalue weighted by Gasteiger charge is 2.20. The fraction of sp³-hybridized carbons (Fsp3) is 0. The van der Waals surface area contributed by atoms with Crippen LogP contribution in [0.5, 0.6) is 0 Å². The summed E-state index contributed by atoms with van der Waals surface area (Å²) in [5, 5.41) is 13.0. The van der Waals surface area contributed by atoms with E-state index in [2.05, 4.69) is 25.7 Å². The van der Waals surface area contributed by atoms with E-state index < -0.39 is 0 Å². The number of hydrogen-bond acceptors (Lipinski definition) is 3. The van der Waals surface area contributed by atoms with Gasteiger partial charge in [0.1, 0.15) is 9.93 Å². The Morgan fingerprint density at radius 2 is 2.33 bits per heavy atom. The molecular weight excluding hydrogens is 247 g/mol. The third kappa shape index (κ3) is 0.971. The second kappa shape index (κ2) is 2.60. The molecule has 1 aromatic carbocycles. The zero-order chi connectivity index (χ0) is 8.72. The lowest BCUT2D eigenvalue weighted by Crippen LogP contribution is -2.27. The third-order valence-corrected chi connectivity index (χ3v) is 2.73. The number of rotatable bonds is 0. The van der Waals surface area contributed by atoms with Crippen molar-refractivity contribution >= 4 is 38.6 Å². The van der Waals surface area contributed by atoms with E-state index in [0.29, 0.717) is 25.4 Å². The second-order valence-electron chi connectivity index (χ2n) is 2.17. The zero-order valence-corrected chi connectivity index (χ0v) is 8.00. The van der Waals surface area contributed by atoms with Crippen molar-refractivity contribution in [3.63, 3.8) is 0 Å². The molecule has 2 aromatic rings. The average molecular weight is 250 g/mol. The molecule has 1 heterocycles. The number of benzene rings is 1. The Morgan fingerprint density at radius 1 is 1.58 bits per heavy atom. The Bertz CT molecular complexity index is 442. The number of nitrogens with zero attached hydrogens (tertiary/aromatic N) is 2. The summed E-state index contributed by atoms with van der Waals surface area (Å²) in [4.78, 5) is 0.530. The van der Waals surface area contributed by atoms with Crippen LogP contribution < -0.4 is 4.90 Å². The highest BCUT2D eigenvalue weighted by atomic mass is 79.9. The minimum Gasteiger partial charge on any atom is -0.316 e. The van der Waals surface area contributed by atoms with Crippen molar-refractivity contribution in [2.45, 2.75) is 0 Å². The first-order chi connectivity index (χ1) is 5.70. The Hall–Kier alpha value is -0.810. The summed E-state index contributed by atoms with van der Waals surface area (Å²) in [6.45, 7) is 0. The molecule has 62 valence electrons. The van der Waals surface area contributed by atoms with Gasteiger partial charge in [-0.3, -0.25) is 0 Å². The Kier molecular flexibility index (Phi) is 1.69. The van der Waals surface area contributed by atoms with Gasteiger partial charge in [-0.2, -0.15) is 0 Å². The molecule has 0 aliphatic carbocycles. The molecule has 1 N–H and O–H groups in total.